The molecule has 0 amide bonds. The van der Waals surface area contributed by atoms with E-state index in [2.05, 4.69) is 24.0 Å². The lowest BCUT2D eigenvalue weighted by Crippen LogP contribution is -2.53. The van der Waals surface area contributed by atoms with E-state index >= 15 is 0 Å². The van der Waals surface area contributed by atoms with Gasteiger partial charge in [0.2, 0.25) is 0 Å². The number of carbonyl (C=O) groups excluding carboxylic acids is 1. The normalized spacial score (nSPS) is 46.6. The molecule has 0 N–H and O–H groups in total. The first-order valence-electron chi connectivity index (χ1n) is 11.9. The smallest absolute Gasteiger partial charge is 0.159 e. The average molecular weight is 400 g/mol. The van der Waals surface area contributed by atoms with Crippen LogP contribution in [0.4, 0.5) is 0 Å². The second-order valence-electron chi connectivity index (χ2n) is 10.9. The van der Waals surface area contributed by atoms with Crippen LogP contribution >= 0.6 is 0 Å². The Hall–Kier alpha value is -1.23. The summed E-state index contributed by atoms with van der Waals surface area (Å²) in [5.41, 5.74) is 0.151. The number of rotatable bonds is 4. The van der Waals surface area contributed by atoms with Crippen molar-refractivity contribution < 1.29 is 9.53 Å². The van der Waals surface area contributed by atoms with Crippen LogP contribution < -0.4 is 0 Å². The molecule has 9 unspecified atom stereocenters. The fourth-order valence-corrected chi connectivity index (χ4v) is 8.41. The van der Waals surface area contributed by atoms with Crippen LogP contribution in [0, 0.1) is 46.8 Å². The number of ketones is 1. The summed E-state index contributed by atoms with van der Waals surface area (Å²) in [6, 6.07) is 0. The largest absolute Gasteiger partial charge is 0.381 e. The fourth-order valence-electron chi connectivity index (χ4n) is 8.41. The van der Waals surface area contributed by atoms with Crippen LogP contribution in [0.15, 0.2) is 12.4 Å². The molecular weight excluding hydrogens is 362 g/mol. The summed E-state index contributed by atoms with van der Waals surface area (Å²) in [5.74, 6) is 5.26. The van der Waals surface area contributed by atoms with Gasteiger partial charge in [0.15, 0.2) is 5.78 Å². The Labute approximate surface area is 175 Å². The molecule has 4 aliphatic carbocycles. The Morgan fingerprint density at radius 3 is 2.55 bits per heavy atom. The van der Waals surface area contributed by atoms with Crippen molar-refractivity contribution in [3.63, 3.8) is 0 Å². The van der Waals surface area contributed by atoms with Gasteiger partial charge in [-0.2, -0.15) is 15.0 Å². The molecule has 0 aromatic carbocycles. The van der Waals surface area contributed by atoms with E-state index in [0.29, 0.717) is 24.3 Å². The van der Waals surface area contributed by atoms with E-state index in [0.717, 1.165) is 36.0 Å². The summed E-state index contributed by atoms with van der Waals surface area (Å²) in [6.07, 6.45) is 13.9. The van der Waals surface area contributed by atoms with Gasteiger partial charge in [-0.3, -0.25) is 4.79 Å². The Kier molecular flexibility index (Phi) is 5.08. The molecule has 0 radical (unpaired) electrons. The minimum Gasteiger partial charge on any atom is -0.381 e. The third-order valence-electron chi connectivity index (χ3n) is 9.70. The molecule has 5 nitrogen and oxygen atoms in total. The summed E-state index contributed by atoms with van der Waals surface area (Å²) in [4.78, 5) is 14.7. The Balaban J connectivity index is 1.36. The van der Waals surface area contributed by atoms with E-state index in [9.17, 15) is 4.79 Å². The van der Waals surface area contributed by atoms with Crippen molar-refractivity contribution in [3.05, 3.63) is 12.4 Å². The number of Topliss-reactive ketones (excluding diaryl/α,β-unsaturated/α-hetero) is 1. The van der Waals surface area contributed by atoms with Gasteiger partial charge >= 0.3 is 0 Å². The van der Waals surface area contributed by atoms with E-state index in [1.807, 2.05) is 7.11 Å². The highest BCUT2D eigenvalue weighted by molar-refractivity contribution is 5.81. The molecule has 160 valence electrons. The molecule has 9 atom stereocenters. The van der Waals surface area contributed by atoms with Crippen molar-refractivity contribution in [1.82, 2.24) is 15.0 Å². The van der Waals surface area contributed by atoms with Crippen molar-refractivity contribution in [2.75, 3.05) is 7.11 Å². The van der Waals surface area contributed by atoms with Crippen molar-refractivity contribution in [2.24, 2.45) is 46.8 Å². The lowest BCUT2D eigenvalue weighted by atomic mass is 9.48. The quantitative estimate of drug-likeness (QED) is 0.754. The first-order chi connectivity index (χ1) is 14.0. The highest BCUT2D eigenvalue weighted by Crippen LogP contribution is 2.64. The van der Waals surface area contributed by atoms with Crippen LogP contribution in [-0.2, 0) is 16.1 Å². The first-order valence-corrected chi connectivity index (χ1v) is 11.9. The predicted molar refractivity (Wildman–Crippen MR) is 111 cm³/mol. The number of methoxy groups -OCH3 is 1. The molecule has 4 saturated carbocycles. The summed E-state index contributed by atoms with van der Waals surface area (Å²) in [6.45, 7) is 5.18. The van der Waals surface area contributed by atoms with Gasteiger partial charge in [0.25, 0.3) is 0 Å². The molecule has 0 bridgehead atoms. The highest BCUT2D eigenvalue weighted by Gasteiger charge is 2.59. The topological polar surface area (TPSA) is 57.0 Å². The maximum absolute atomic E-state index is 13.2. The van der Waals surface area contributed by atoms with E-state index in [-0.39, 0.29) is 11.3 Å². The van der Waals surface area contributed by atoms with Crippen LogP contribution in [0.1, 0.15) is 65.2 Å². The number of fused-ring (bicyclic) bond motifs is 5. The van der Waals surface area contributed by atoms with Crippen LogP contribution in [0.2, 0.25) is 0 Å². The predicted octanol–water partition coefficient (Wildman–Crippen LogP) is 4.38. The van der Waals surface area contributed by atoms with E-state index < -0.39 is 0 Å². The molecule has 1 aromatic heterocycles. The second kappa shape index (κ2) is 7.47. The standard InChI is InChI=1S/C24H37N3O2/c1-15-4-5-16-17-8-9-24(2)20(18(17)13-23(29-3)19(16)12-15)6-7-21(24)22(28)14-27-25-10-11-26-27/h10-11,15-21,23H,4-9,12-14H2,1-3H3. The Morgan fingerprint density at radius 2 is 1.79 bits per heavy atom. The Morgan fingerprint density at radius 1 is 1.03 bits per heavy atom. The monoisotopic (exact) mass is 399 g/mol. The second-order valence-corrected chi connectivity index (χ2v) is 10.9. The molecule has 5 rings (SSSR count). The van der Waals surface area contributed by atoms with Crippen molar-refractivity contribution >= 4 is 5.78 Å². The number of nitrogens with zero attached hydrogens (tertiary/aromatic N) is 3. The van der Waals surface area contributed by atoms with Gasteiger partial charge in [-0.15, -0.1) is 0 Å². The Bertz CT molecular complexity index is 734. The van der Waals surface area contributed by atoms with Gasteiger partial charge in [-0.05, 0) is 85.9 Å². The number of aromatic nitrogens is 3. The zero-order chi connectivity index (χ0) is 20.2. The molecule has 1 aromatic rings. The van der Waals surface area contributed by atoms with Crippen LogP contribution in [-0.4, -0.2) is 34.0 Å². The summed E-state index contributed by atoms with van der Waals surface area (Å²) in [7, 11) is 1.93. The van der Waals surface area contributed by atoms with E-state index in [1.165, 1.54) is 44.9 Å². The SMILES string of the molecule is COC1CC2C(CCC3(C)C(C(=O)Cn4nccn4)CCC23)C2CCC(C)CC12. The van der Waals surface area contributed by atoms with Crippen LogP contribution in [0.25, 0.3) is 0 Å². The number of hydrogen-bond acceptors (Lipinski definition) is 4. The van der Waals surface area contributed by atoms with E-state index in [4.69, 9.17) is 4.74 Å². The minimum absolute atomic E-state index is 0.151. The van der Waals surface area contributed by atoms with Gasteiger partial charge in [-0.25, -0.2) is 0 Å². The summed E-state index contributed by atoms with van der Waals surface area (Å²) >= 11 is 0. The number of carbonyl (C=O) groups is 1. The molecule has 0 spiro atoms. The van der Waals surface area contributed by atoms with Crippen molar-refractivity contribution in [2.45, 2.75) is 77.9 Å². The zero-order valence-corrected chi connectivity index (χ0v) is 18.3. The number of ether oxygens (including phenoxy) is 1. The van der Waals surface area contributed by atoms with Gasteiger partial charge < -0.3 is 4.74 Å². The van der Waals surface area contributed by atoms with E-state index in [1.54, 1.807) is 17.2 Å². The highest BCUT2D eigenvalue weighted by atomic mass is 16.5. The van der Waals surface area contributed by atoms with Crippen molar-refractivity contribution in [1.29, 1.82) is 0 Å². The third-order valence-corrected chi connectivity index (χ3v) is 9.70. The molecule has 4 aliphatic rings. The molecule has 29 heavy (non-hydrogen) atoms. The van der Waals surface area contributed by atoms with Gasteiger partial charge in [0.05, 0.1) is 18.5 Å². The van der Waals surface area contributed by atoms with Gasteiger partial charge in [0, 0.05) is 13.0 Å². The van der Waals surface area contributed by atoms with Gasteiger partial charge in [-0.1, -0.05) is 20.3 Å². The maximum Gasteiger partial charge on any atom is 0.159 e. The first kappa shape index (κ1) is 19.7. The van der Waals surface area contributed by atoms with Gasteiger partial charge in [0.1, 0.15) is 6.54 Å². The lowest BCUT2D eigenvalue weighted by molar-refractivity contribution is -0.140. The fraction of sp³-hybridized carbons (Fsp3) is 0.875. The molecular formula is C24H37N3O2. The molecule has 0 saturated heterocycles. The maximum atomic E-state index is 13.2. The third kappa shape index (κ3) is 3.19. The van der Waals surface area contributed by atoms with Crippen molar-refractivity contribution in [3.8, 4) is 0 Å². The molecule has 0 aliphatic heterocycles. The molecule has 4 fully saturated rings. The lowest BCUT2D eigenvalue weighted by Gasteiger charge is -2.57. The zero-order valence-electron chi connectivity index (χ0n) is 18.3. The minimum atomic E-state index is 0.151. The average Bonchev–Trinajstić information content (AvgIpc) is 3.34. The van der Waals surface area contributed by atoms with Crippen LogP contribution in [0.5, 0.6) is 0 Å². The number of hydrogen-bond donors (Lipinski definition) is 0. The summed E-state index contributed by atoms with van der Waals surface area (Å²) in [5, 5.41) is 8.32. The molecule has 5 heteroatoms. The van der Waals surface area contributed by atoms with Crippen LogP contribution in [0.3, 0.4) is 0 Å². The molecule has 1 heterocycles. The summed E-state index contributed by atoms with van der Waals surface area (Å²) < 4.78 is 6.10.